The molecule has 4 atom stereocenters. The first kappa shape index (κ1) is 27.6. The Labute approximate surface area is 258 Å². The first-order valence-corrected chi connectivity index (χ1v) is 15.9. The second kappa shape index (κ2) is 11.5. The number of nitrogens with zero attached hydrogens (tertiary/aromatic N) is 6. The Morgan fingerprint density at radius 2 is 1.48 bits per heavy atom. The summed E-state index contributed by atoms with van der Waals surface area (Å²) >= 11 is 0. The number of hydrogen-bond acceptors (Lipinski definition) is 9. The van der Waals surface area contributed by atoms with Crippen molar-refractivity contribution in [2.45, 2.75) is 43.5 Å². The van der Waals surface area contributed by atoms with Crippen LogP contribution in [0.4, 0.5) is 33.5 Å². The summed E-state index contributed by atoms with van der Waals surface area (Å²) in [5, 5.41) is 5.91. The molecular formula is C33H40N8O3. The molecule has 3 aromatic rings. The Morgan fingerprint density at radius 1 is 0.818 bits per heavy atom. The zero-order chi connectivity index (χ0) is 29.6. The highest BCUT2D eigenvalue weighted by molar-refractivity contribution is 6.00. The van der Waals surface area contributed by atoms with Gasteiger partial charge in [-0.05, 0) is 74.8 Å². The Bertz CT molecular complexity index is 1480. The van der Waals surface area contributed by atoms with Gasteiger partial charge in [0.25, 0.3) is 0 Å². The third-order valence-corrected chi connectivity index (χ3v) is 9.79. The minimum atomic E-state index is -0.278. The molecule has 230 valence electrons. The van der Waals surface area contributed by atoms with Gasteiger partial charge in [-0.2, -0.15) is 0 Å². The molecule has 5 saturated heterocycles. The monoisotopic (exact) mass is 596 g/mol. The number of piperazine rings is 1. The lowest BCUT2D eigenvalue weighted by molar-refractivity contribution is 0.0902. The van der Waals surface area contributed by atoms with Gasteiger partial charge in [-0.3, -0.25) is 0 Å². The van der Waals surface area contributed by atoms with E-state index in [4.69, 9.17) is 19.4 Å². The van der Waals surface area contributed by atoms with Crippen LogP contribution in [-0.4, -0.2) is 105 Å². The van der Waals surface area contributed by atoms with E-state index < -0.39 is 0 Å². The van der Waals surface area contributed by atoms with Crippen LogP contribution >= 0.6 is 0 Å². The largest absolute Gasteiger partial charge is 0.377 e. The molecule has 2 unspecified atom stereocenters. The Kier molecular flexibility index (Phi) is 7.24. The third-order valence-electron chi connectivity index (χ3n) is 9.79. The van der Waals surface area contributed by atoms with Crippen LogP contribution in [-0.2, 0) is 9.47 Å². The summed E-state index contributed by atoms with van der Waals surface area (Å²) in [5.74, 6) is 2.64. The number of likely N-dealkylation sites (N-methyl/N-ethyl adjacent to an activating group) is 1. The molecule has 11 heteroatoms. The first-order valence-electron chi connectivity index (χ1n) is 15.9. The third kappa shape index (κ3) is 5.44. The van der Waals surface area contributed by atoms with Gasteiger partial charge in [-0.1, -0.05) is 0 Å². The molecule has 0 radical (unpaired) electrons. The van der Waals surface area contributed by atoms with Crippen molar-refractivity contribution >= 4 is 34.7 Å². The molecule has 44 heavy (non-hydrogen) atoms. The maximum atomic E-state index is 12.8. The van der Waals surface area contributed by atoms with Gasteiger partial charge in [-0.15, -0.1) is 0 Å². The maximum Gasteiger partial charge on any atom is 0.323 e. The molecule has 5 aliphatic rings. The lowest BCUT2D eigenvalue weighted by Gasteiger charge is -2.36. The molecule has 5 aliphatic heterocycles. The summed E-state index contributed by atoms with van der Waals surface area (Å²) in [6.07, 6.45) is 3.60. The summed E-state index contributed by atoms with van der Waals surface area (Å²) in [7, 11) is 2.15. The molecule has 2 amide bonds. The second-order valence-electron chi connectivity index (χ2n) is 12.7. The van der Waals surface area contributed by atoms with Crippen LogP contribution in [0.2, 0.25) is 0 Å². The van der Waals surface area contributed by atoms with Crippen molar-refractivity contribution < 1.29 is 14.3 Å². The van der Waals surface area contributed by atoms with Crippen LogP contribution in [0.15, 0.2) is 54.6 Å². The number of benzene rings is 2. The van der Waals surface area contributed by atoms with Crippen molar-refractivity contribution in [3.63, 3.8) is 0 Å². The minimum Gasteiger partial charge on any atom is -0.377 e. The number of carbonyl (C=O) groups excluding carboxylic acids is 1. The fourth-order valence-electron chi connectivity index (χ4n) is 7.33. The van der Waals surface area contributed by atoms with E-state index in [9.17, 15) is 4.79 Å². The standard InChI is InChI=1S/C33H40N8O3/c1-38-12-14-39(15-13-38)25-8-6-24(7-9-25)35-33(42)34-23-4-2-22(3-5-23)32-36-30(40-18-29-16-28(40)21-44-29)17-31(37-32)41-26-10-11-27(41)20-43-19-26/h2-9,17,26-29H,10-16,18-21H2,1H3,(H2,34,35,42)/t26?,27?,28-,29-/m1/s1. The average Bonchev–Trinajstić information content (AvgIpc) is 3.75. The summed E-state index contributed by atoms with van der Waals surface area (Å²) < 4.78 is 11.7. The lowest BCUT2D eigenvalue weighted by Crippen LogP contribution is -2.46. The molecule has 11 nitrogen and oxygen atoms in total. The lowest BCUT2D eigenvalue weighted by atomic mass is 10.2. The number of carbonyl (C=O) groups is 1. The molecule has 0 aliphatic carbocycles. The van der Waals surface area contributed by atoms with Crippen molar-refractivity contribution in [1.29, 1.82) is 0 Å². The number of rotatable bonds is 6. The number of morpholine rings is 2. The average molecular weight is 597 g/mol. The Balaban J connectivity index is 0.969. The maximum absolute atomic E-state index is 12.8. The van der Waals surface area contributed by atoms with E-state index in [1.807, 2.05) is 36.4 Å². The number of fused-ring (bicyclic) bond motifs is 4. The number of hydrogen-bond donors (Lipinski definition) is 2. The summed E-state index contributed by atoms with van der Waals surface area (Å²) in [5.41, 5.74) is 3.56. The van der Waals surface area contributed by atoms with Gasteiger partial charge < -0.3 is 39.7 Å². The van der Waals surface area contributed by atoms with Crippen molar-refractivity contribution in [1.82, 2.24) is 14.9 Å². The normalized spacial score (nSPS) is 26.3. The molecule has 5 fully saturated rings. The predicted molar refractivity (Wildman–Crippen MR) is 172 cm³/mol. The minimum absolute atomic E-state index is 0.278. The van der Waals surface area contributed by atoms with E-state index in [0.29, 0.717) is 29.6 Å². The van der Waals surface area contributed by atoms with Gasteiger partial charge in [-0.25, -0.2) is 14.8 Å². The van der Waals surface area contributed by atoms with E-state index >= 15 is 0 Å². The van der Waals surface area contributed by atoms with Crippen molar-refractivity contribution in [3.05, 3.63) is 54.6 Å². The number of anilines is 5. The molecule has 6 heterocycles. The van der Waals surface area contributed by atoms with E-state index in [2.05, 4.69) is 55.5 Å². The molecule has 0 saturated carbocycles. The van der Waals surface area contributed by atoms with E-state index in [1.54, 1.807) is 0 Å². The van der Waals surface area contributed by atoms with Crippen LogP contribution < -0.4 is 25.3 Å². The summed E-state index contributed by atoms with van der Waals surface area (Å²) in [6, 6.07) is 18.8. The Morgan fingerprint density at radius 3 is 2.11 bits per heavy atom. The van der Waals surface area contributed by atoms with Gasteiger partial charge in [0.15, 0.2) is 5.82 Å². The fraction of sp³-hybridized carbons (Fsp3) is 0.485. The van der Waals surface area contributed by atoms with Gasteiger partial charge in [0.1, 0.15) is 11.6 Å². The molecule has 2 aromatic carbocycles. The first-order chi connectivity index (χ1) is 21.6. The SMILES string of the molecule is CN1CCN(c2ccc(NC(=O)Nc3ccc(-c4nc(N5C6CCC5COC6)cc(N5C[C@H]6C[C@@H]5CO6)n4)cc3)cc2)CC1. The van der Waals surface area contributed by atoms with Crippen LogP contribution in [0.25, 0.3) is 11.4 Å². The highest BCUT2D eigenvalue weighted by Gasteiger charge is 2.42. The number of nitrogens with one attached hydrogen (secondary N) is 2. The van der Waals surface area contributed by atoms with E-state index in [-0.39, 0.29) is 12.1 Å². The van der Waals surface area contributed by atoms with Crippen molar-refractivity contribution in [2.24, 2.45) is 0 Å². The zero-order valence-electron chi connectivity index (χ0n) is 25.2. The van der Waals surface area contributed by atoms with Crippen molar-refractivity contribution in [2.75, 3.05) is 84.9 Å². The number of aromatic nitrogens is 2. The zero-order valence-corrected chi connectivity index (χ0v) is 25.2. The number of ether oxygens (including phenoxy) is 2. The molecule has 2 N–H and O–H groups in total. The second-order valence-corrected chi connectivity index (χ2v) is 12.7. The number of amides is 2. The van der Waals surface area contributed by atoms with Crippen molar-refractivity contribution in [3.8, 4) is 11.4 Å². The summed E-state index contributed by atoms with van der Waals surface area (Å²) in [4.78, 5) is 32.5. The van der Waals surface area contributed by atoms with Gasteiger partial charge in [0.2, 0.25) is 0 Å². The van der Waals surface area contributed by atoms with Gasteiger partial charge >= 0.3 is 6.03 Å². The fourth-order valence-corrected chi connectivity index (χ4v) is 7.33. The Hall–Kier alpha value is -3.93. The predicted octanol–water partition coefficient (Wildman–Crippen LogP) is 3.88. The van der Waals surface area contributed by atoms with Crippen LogP contribution in [0.1, 0.15) is 19.3 Å². The quantitative estimate of drug-likeness (QED) is 0.439. The molecule has 8 rings (SSSR count). The van der Waals surface area contributed by atoms with Crippen LogP contribution in [0, 0.1) is 0 Å². The molecule has 4 bridgehead atoms. The molecular weight excluding hydrogens is 556 g/mol. The highest BCUT2D eigenvalue weighted by Crippen LogP contribution is 2.38. The van der Waals surface area contributed by atoms with E-state index in [0.717, 1.165) is 94.7 Å². The van der Waals surface area contributed by atoms with Crippen LogP contribution in [0.3, 0.4) is 0 Å². The number of urea groups is 1. The van der Waals surface area contributed by atoms with E-state index in [1.165, 1.54) is 5.69 Å². The van der Waals surface area contributed by atoms with Crippen LogP contribution in [0.5, 0.6) is 0 Å². The highest BCUT2D eigenvalue weighted by atomic mass is 16.5. The molecule has 1 aromatic heterocycles. The smallest absolute Gasteiger partial charge is 0.323 e. The molecule has 0 spiro atoms. The summed E-state index contributed by atoms with van der Waals surface area (Å²) in [6.45, 7) is 7.26. The topological polar surface area (TPSA) is 98.3 Å². The van der Waals surface area contributed by atoms with Gasteiger partial charge in [0, 0.05) is 61.4 Å². The van der Waals surface area contributed by atoms with Gasteiger partial charge in [0.05, 0.1) is 44.1 Å².